The van der Waals surface area contributed by atoms with Gasteiger partial charge in [-0.25, -0.2) is 0 Å². The topological polar surface area (TPSA) is 49.8 Å². The number of ether oxygens (including phenoxy) is 1. The Morgan fingerprint density at radius 2 is 1.43 bits per heavy atom. The van der Waals surface area contributed by atoms with E-state index in [2.05, 4.69) is 0 Å². The average molecular weight is 313 g/mol. The fourth-order valence-corrected chi connectivity index (χ4v) is 2.67. The Labute approximate surface area is 137 Å². The summed E-state index contributed by atoms with van der Waals surface area (Å²) in [5, 5.41) is 9.68. The standard InChI is InChI=1S/C19H23NO3/c1-15(23-2)18(19(21)22)20(13-16-9-5-3-6-10-16)14-17-11-7-4-8-12-17/h3-12,15,18H,13-14H2,1-2H3,(H,21,22). The quantitative estimate of drug-likeness (QED) is 0.813. The van der Waals surface area contributed by atoms with Gasteiger partial charge in [0.1, 0.15) is 6.04 Å². The number of aliphatic carboxylic acids is 1. The van der Waals surface area contributed by atoms with E-state index in [0.29, 0.717) is 13.1 Å². The van der Waals surface area contributed by atoms with Crippen LogP contribution in [0, 0.1) is 0 Å². The summed E-state index contributed by atoms with van der Waals surface area (Å²) in [4.78, 5) is 13.7. The highest BCUT2D eigenvalue weighted by molar-refractivity contribution is 5.74. The number of benzene rings is 2. The first kappa shape index (κ1) is 17.2. The Morgan fingerprint density at radius 3 is 1.78 bits per heavy atom. The molecule has 23 heavy (non-hydrogen) atoms. The smallest absolute Gasteiger partial charge is 0.323 e. The van der Waals surface area contributed by atoms with E-state index in [0.717, 1.165) is 11.1 Å². The molecule has 0 bridgehead atoms. The first-order valence-corrected chi connectivity index (χ1v) is 7.69. The van der Waals surface area contributed by atoms with Crippen molar-refractivity contribution in [3.63, 3.8) is 0 Å². The van der Waals surface area contributed by atoms with Gasteiger partial charge in [0.2, 0.25) is 0 Å². The minimum absolute atomic E-state index is 0.403. The van der Waals surface area contributed by atoms with E-state index in [1.807, 2.05) is 65.6 Å². The summed E-state index contributed by atoms with van der Waals surface area (Å²) in [5.74, 6) is -0.869. The Morgan fingerprint density at radius 1 is 1.00 bits per heavy atom. The van der Waals surface area contributed by atoms with Crippen LogP contribution < -0.4 is 0 Å². The number of methoxy groups -OCH3 is 1. The highest BCUT2D eigenvalue weighted by atomic mass is 16.5. The van der Waals surface area contributed by atoms with Crippen LogP contribution in [-0.2, 0) is 22.6 Å². The second-order valence-corrected chi connectivity index (χ2v) is 5.60. The highest BCUT2D eigenvalue weighted by Crippen LogP contribution is 2.17. The van der Waals surface area contributed by atoms with Crippen molar-refractivity contribution in [2.24, 2.45) is 0 Å². The van der Waals surface area contributed by atoms with Crippen LogP contribution in [0.4, 0.5) is 0 Å². The van der Waals surface area contributed by atoms with Gasteiger partial charge in [0.15, 0.2) is 0 Å². The molecule has 1 N–H and O–H groups in total. The van der Waals surface area contributed by atoms with E-state index >= 15 is 0 Å². The van der Waals surface area contributed by atoms with E-state index in [-0.39, 0.29) is 0 Å². The van der Waals surface area contributed by atoms with Crippen molar-refractivity contribution in [3.8, 4) is 0 Å². The summed E-state index contributed by atoms with van der Waals surface area (Å²) < 4.78 is 5.31. The highest BCUT2D eigenvalue weighted by Gasteiger charge is 2.31. The lowest BCUT2D eigenvalue weighted by atomic mass is 10.1. The lowest BCUT2D eigenvalue weighted by Gasteiger charge is -2.32. The molecule has 0 saturated heterocycles. The molecule has 0 radical (unpaired) electrons. The van der Waals surface area contributed by atoms with Gasteiger partial charge in [-0.2, -0.15) is 0 Å². The third-order valence-corrected chi connectivity index (χ3v) is 3.92. The molecule has 0 aliphatic heterocycles. The monoisotopic (exact) mass is 313 g/mol. The Kier molecular flexibility index (Phi) is 6.32. The second-order valence-electron chi connectivity index (χ2n) is 5.60. The Hall–Kier alpha value is -2.17. The first-order chi connectivity index (χ1) is 11.1. The summed E-state index contributed by atoms with van der Waals surface area (Å²) in [7, 11) is 1.55. The molecular formula is C19H23NO3. The van der Waals surface area contributed by atoms with Gasteiger partial charge in [0, 0.05) is 20.2 Å². The normalized spacial score (nSPS) is 13.7. The van der Waals surface area contributed by atoms with Gasteiger partial charge in [-0.15, -0.1) is 0 Å². The lowest BCUT2D eigenvalue weighted by molar-refractivity contribution is -0.149. The Balaban J connectivity index is 2.27. The van der Waals surface area contributed by atoms with Crippen molar-refractivity contribution >= 4 is 5.97 Å². The first-order valence-electron chi connectivity index (χ1n) is 7.69. The molecule has 0 heterocycles. The molecule has 2 aromatic rings. The maximum atomic E-state index is 11.8. The van der Waals surface area contributed by atoms with Crippen molar-refractivity contribution in [1.82, 2.24) is 4.90 Å². The van der Waals surface area contributed by atoms with E-state index in [1.165, 1.54) is 0 Å². The molecule has 0 aliphatic carbocycles. The molecule has 0 amide bonds. The largest absolute Gasteiger partial charge is 0.480 e. The summed E-state index contributed by atoms with van der Waals surface area (Å²) >= 11 is 0. The van der Waals surface area contributed by atoms with Gasteiger partial charge in [0.05, 0.1) is 6.10 Å². The minimum atomic E-state index is -0.869. The fourth-order valence-electron chi connectivity index (χ4n) is 2.67. The van der Waals surface area contributed by atoms with Crippen molar-refractivity contribution in [2.75, 3.05) is 7.11 Å². The van der Waals surface area contributed by atoms with Crippen LogP contribution >= 0.6 is 0 Å². The van der Waals surface area contributed by atoms with Crippen molar-refractivity contribution in [3.05, 3.63) is 71.8 Å². The molecule has 0 aromatic heterocycles. The van der Waals surface area contributed by atoms with Crippen LogP contribution in [0.1, 0.15) is 18.1 Å². The number of carboxylic acid groups (broad SMARTS) is 1. The molecule has 0 aliphatic rings. The molecule has 2 unspecified atom stereocenters. The number of carbonyl (C=O) groups is 1. The number of nitrogens with zero attached hydrogens (tertiary/aromatic N) is 1. The molecule has 4 nitrogen and oxygen atoms in total. The SMILES string of the molecule is COC(C)C(C(=O)O)N(Cc1ccccc1)Cc1ccccc1. The van der Waals surface area contributed by atoms with Crippen molar-refractivity contribution in [2.45, 2.75) is 32.2 Å². The molecule has 0 fully saturated rings. The molecule has 2 aromatic carbocycles. The molecule has 0 spiro atoms. The number of hydrogen-bond donors (Lipinski definition) is 1. The van der Waals surface area contributed by atoms with Gasteiger partial charge in [-0.1, -0.05) is 60.7 Å². The predicted molar refractivity (Wildman–Crippen MR) is 90.0 cm³/mol. The molecule has 0 saturated carbocycles. The number of hydrogen-bond acceptors (Lipinski definition) is 3. The van der Waals surface area contributed by atoms with E-state index in [1.54, 1.807) is 14.0 Å². The van der Waals surface area contributed by atoms with E-state index in [4.69, 9.17) is 4.74 Å². The summed E-state index contributed by atoms with van der Waals surface area (Å²) in [5.41, 5.74) is 2.16. The van der Waals surface area contributed by atoms with Crippen LogP contribution in [0.5, 0.6) is 0 Å². The van der Waals surface area contributed by atoms with E-state index < -0.39 is 18.1 Å². The minimum Gasteiger partial charge on any atom is -0.480 e. The van der Waals surface area contributed by atoms with Crippen molar-refractivity contribution in [1.29, 1.82) is 0 Å². The number of rotatable bonds is 8. The predicted octanol–water partition coefficient (Wildman–Crippen LogP) is 3.18. The lowest BCUT2D eigenvalue weighted by Crippen LogP contribution is -2.47. The van der Waals surface area contributed by atoms with Crippen LogP contribution in [0.15, 0.2) is 60.7 Å². The third kappa shape index (κ3) is 4.91. The maximum absolute atomic E-state index is 11.8. The second kappa shape index (κ2) is 8.46. The van der Waals surface area contributed by atoms with Crippen LogP contribution in [0.3, 0.4) is 0 Å². The zero-order chi connectivity index (χ0) is 16.7. The van der Waals surface area contributed by atoms with Gasteiger partial charge in [0.25, 0.3) is 0 Å². The van der Waals surface area contributed by atoms with Gasteiger partial charge >= 0.3 is 5.97 Å². The van der Waals surface area contributed by atoms with Gasteiger partial charge < -0.3 is 9.84 Å². The molecule has 2 rings (SSSR count). The average Bonchev–Trinajstić information content (AvgIpc) is 2.56. The summed E-state index contributed by atoms with van der Waals surface area (Å²) in [6.45, 7) is 2.91. The van der Waals surface area contributed by atoms with Gasteiger partial charge in [-0.05, 0) is 18.1 Å². The number of carboxylic acids is 1. The summed E-state index contributed by atoms with van der Waals surface area (Å²) in [6, 6.07) is 19.1. The molecular weight excluding hydrogens is 290 g/mol. The zero-order valence-corrected chi connectivity index (χ0v) is 13.6. The van der Waals surface area contributed by atoms with Crippen LogP contribution in [0.2, 0.25) is 0 Å². The summed E-state index contributed by atoms with van der Waals surface area (Å²) in [6.07, 6.45) is -0.403. The van der Waals surface area contributed by atoms with Crippen LogP contribution in [0.25, 0.3) is 0 Å². The van der Waals surface area contributed by atoms with Gasteiger partial charge in [-0.3, -0.25) is 9.69 Å². The fraction of sp³-hybridized carbons (Fsp3) is 0.316. The zero-order valence-electron chi connectivity index (χ0n) is 13.6. The molecule has 2 atom stereocenters. The van der Waals surface area contributed by atoms with Crippen molar-refractivity contribution < 1.29 is 14.6 Å². The molecule has 122 valence electrons. The Bertz CT molecular complexity index is 559. The van der Waals surface area contributed by atoms with Crippen LogP contribution in [-0.4, -0.2) is 35.2 Å². The maximum Gasteiger partial charge on any atom is 0.323 e. The molecule has 4 heteroatoms. The third-order valence-electron chi connectivity index (χ3n) is 3.92. The van der Waals surface area contributed by atoms with E-state index in [9.17, 15) is 9.90 Å².